The molecule has 0 unspecified atom stereocenters. The minimum absolute atomic E-state index is 0.0592. The molecule has 0 saturated carbocycles. The predicted octanol–water partition coefficient (Wildman–Crippen LogP) is 0.297. The largest absolute Gasteiger partial charge is 0.507 e. The van der Waals surface area contributed by atoms with E-state index >= 15 is 0 Å². The van der Waals surface area contributed by atoms with Crippen LogP contribution in [0.25, 0.3) is 0 Å². The summed E-state index contributed by atoms with van der Waals surface area (Å²) in [5.41, 5.74) is 2.71. The van der Waals surface area contributed by atoms with Gasteiger partial charge in [-0.1, -0.05) is 12.1 Å². The molecule has 21 heavy (non-hydrogen) atoms. The van der Waals surface area contributed by atoms with Gasteiger partial charge in [-0.25, -0.2) is 15.2 Å². The van der Waals surface area contributed by atoms with Crippen molar-refractivity contribution in [2.45, 2.75) is 0 Å². The first kappa shape index (κ1) is 14.3. The third kappa shape index (κ3) is 4.16. The number of hydrazone groups is 1. The van der Waals surface area contributed by atoms with Gasteiger partial charge >= 0.3 is 6.03 Å². The third-order valence-electron chi connectivity index (χ3n) is 2.47. The molecule has 0 atom stereocenters. The van der Waals surface area contributed by atoms with Crippen LogP contribution in [-0.4, -0.2) is 39.4 Å². The Kier molecular flexibility index (Phi) is 4.65. The maximum atomic E-state index is 11.5. The smallest absolute Gasteiger partial charge is 0.327 e. The fourth-order valence-corrected chi connectivity index (χ4v) is 1.44. The van der Waals surface area contributed by atoms with Gasteiger partial charge in [0.1, 0.15) is 18.6 Å². The van der Waals surface area contributed by atoms with Gasteiger partial charge in [-0.15, -0.1) is 0 Å². The predicted molar refractivity (Wildman–Crippen MR) is 74.9 cm³/mol. The van der Waals surface area contributed by atoms with Crippen LogP contribution < -0.4 is 10.7 Å². The number of benzene rings is 1. The number of imidazole rings is 1. The molecule has 3 N–H and O–H groups in total. The normalized spacial score (nSPS) is 10.5. The number of amides is 2. The van der Waals surface area contributed by atoms with E-state index in [1.165, 1.54) is 35.6 Å². The van der Waals surface area contributed by atoms with E-state index in [4.69, 9.17) is 0 Å². The summed E-state index contributed by atoms with van der Waals surface area (Å²) in [5.74, 6) is -0.431. The highest BCUT2D eigenvalue weighted by Gasteiger charge is 2.05. The second kappa shape index (κ2) is 6.85. The number of rotatable bonds is 4. The minimum Gasteiger partial charge on any atom is -0.507 e. The van der Waals surface area contributed by atoms with Gasteiger partial charge in [0.2, 0.25) is 0 Å². The summed E-state index contributed by atoms with van der Waals surface area (Å²) in [6, 6.07) is 6.10. The zero-order chi connectivity index (χ0) is 15.1. The van der Waals surface area contributed by atoms with E-state index in [-0.39, 0.29) is 12.3 Å². The van der Waals surface area contributed by atoms with Crippen LogP contribution in [0.3, 0.4) is 0 Å². The Hall–Kier alpha value is -3.16. The summed E-state index contributed by atoms with van der Waals surface area (Å²) in [5, 5.41) is 15.6. The van der Waals surface area contributed by atoms with Crippen LogP contribution >= 0.6 is 0 Å². The van der Waals surface area contributed by atoms with E-state index < -0.39 is 11.9 Å². The highest BCUT2D eigenvalue weighted by molar-refractivity contribution is 5.87. The fourth-order valence-electron chi connectivity index (χ4n) is 1.44. The molecule has 0 aliphatic rings. The van der Waals surface area contributed by atoms with Crippen LogP contribution in [-0.2, 0) is 4.79 Å². The molecular weight excluding hydrogens is 274 g/mol. The second-order valence-electron chi connectivity index (χ2n) is 3.98. The van der Waals surface area contributed by atoms with Gasteiger partial charge < -0.3 is 10.4 Å². The monoisotopic (exact) mass is 287 g/mol. The molecule has 0 fully saturated rings. The molecule has 1 aromatic carbocycles. The van der Waals surface area contributed by atoms with E-state index in [9.17, 15) is 14.7 Å². The Morgan fingerprint density at radius 3 is 2.90 bits per heavy atom. The molecular formula is C13H13N5O3. The number of phenols is 1. The number of hydrogen-bond donors (Lipinski definition) is 3. The van der Waals surface area contributed by atoms with Gasteiger partial charge in [0.15, 0.2) is 0 Å². The lowest BCUT2D eigenvalue weighted by atomic mass is 10.2. The Bertz CT molecular complexity index is 652. The van der Waals surface area contributed by atoms with Gasteiger partial charge in [0.25, 0.3) is 5.91 Å². The summed E-state index contributed by atoms with van der Waals surface area (Å²) in [7, 11) is 0. The van der Waals surface area contributed by atoms with E-state index in [1.54, 1.807) is 18.2 Å². The number of para-hydroxylation sites is 1. The Balaban J connectivity index is 1.78. The van der Waals surface area contributed by atoms with Crippen molar-refractivity contribution >= 4 is 18.2 Å². The zero-order valence-electron chi connectivity index (χ0n) is 10.9. The zero-order valence-corrected chi connectivity index (χ0v) is 10.9. The summed E-state index contributed by atoms with van der Waals surface area (Å²) >= 11 is 0. The molecule has 1 heterocycles. The number of nitrogens with one attached hydrogen (secondary N) is 2. The Labute approximate surface area is 120 Å². The molecule has 0 bridgehead atoms. The molecule has 2 amide bonds. The van der Waals surface area contributed by atoms with Crippen molar-refractivity contribution in [1.82, 2.24) is 20.3 Å². The number of aromatic hydroxyl groups is 1. The lowest BCUT2D eigenvalue weighted by Crippen LogP contribution is -2.36. The average Bonchev–Trinajstić information content (AvgIpc) is 3.01. The van der Waals surface area contributed by atoms with Crippen molar-refractivity contribution in [2.24, 2.45) is 5.10 Å². The number of nitrogens with zero attached hydrogens (tertiary/aromatic N) is 3. The molecule has 2 aromatic rings. The number of phenolic OH excluding ortho intramolecular Hbond substituents is 1. The third-order valence-corrected chi connectivity index (χ3v) is 2.47. The first-order chi connectivity index (χ1) is 10.2. The first-order valence-electron chi connectivity index (χ1n) is 6.03. The summed E-state index contributed by atoms with van der Waals surface area (Å²) in [6.07, 6.45) is 5.55. The van der Waals surface area contributed by atoms with Crippen molar-refractivity contribution < 1.29 is 14.7 Å². The summed E-state index contributed by atoms with van der Waals surface area (Å²) in [6.45, 7) is -0.227. The Morgan fingerprint density at radius 2 is 2.19 bits per heavy atom. The van der Waals surface area contributed by atoms with Crippen molar-refractivity contribution in [2.75, 3.05) is 6.54 Å². The first-order valence-corrected chi connectivity index (χ1v) is 6.03. The molecule has 1 aromatic heterocycles. The lowest BCUT2D eigenvalue weighted by molar-refractivity contribution is -0.120. The molecule has 2 rings (SSSR count). The number of carbonyl (C=O) groups is 2. The van der Waals surface area contributed by atoms with Gasteiger partial charge in [-0.2, -0.15) is 5.10 Å². The molecule has 8 nitrogen and oxygen atoms in total. The van der Waals surface area contributed by atoms with Gasteiger partial charge in [0, 0.05) is 18.0 Å². The van der Waals surface area contributed by atoms with E-state index in [0.717, 1.165) is 0 Å². The fraction of sp³-hybridized carbons (Fsp3) is 0.0769. The number of hydrogen-bond acceptors (Lipinski definition) is 5. The van der Waals surface area contributed by atoms with Crippen LogP contribution in [0.2, 0.25) is 0 Å². The van der Waals surface area contributed by atoms with Crippen molar-refractivity contribution in [3.05, 3.63) is 48.5 Å². The SMILES string of the molecule is O=C(CNC(=O)n1ccnc1)NN=Cc1ccccc1O. The molecule has 0 spiro atoms. The van der Waals surface area contributed by atoms with Crippen LogP contribution in [0.5, 0.6) is 5.75 Å². The maximum absolute atomic E-state index is 11.5. The molecule has 0 radical (unpaired) electrons. The van der Waals surface area contributed by atoms with Crippen molar-refractivity contribution in [3.8, 4) is 5.75 Å². The van der Waals surface area contributed by atoms with Crippen LogP contribution in [0, 0.1) is 0 Å². The topological polar surface area (TPSA) is 109 Å². The summed E-state index contributed by atoms with van der Waals surface area (Å²) < 4.78 is 1.21. The second-order valence-corrected chi connectivity index (χ2v) is 3.98. The molecule has 8 heteroatoms. The maximum Gasteiger partial charge on any atom is 0.327 e. The van der Waals surface area contributed by atoms with Gasteiger partial charge in [0.05, 0.1) is 6.21 Å². The highest BCUT2D eigenvalue weighted by Crippen LogP contribution is 2.12. The number of carbonyl (C=O) groups excluding carboxylic acids is 2. The standard InChI is InChI=1S/C13H13N5O3/c19-11-4-2-1-3-10(11)7-16-17-12(20)8-15-13(21)18-6-5-14-9-18/h1-7,9,19H,8H2,(H,15,21)(H,17,20). The molecule has 108 valence electrons. The van der Waals surface area contributed by atoms with Crippen LogP contribution in [0.1, 0.15) is 5.56 Å². The van der Waals surface area contributed by atoms with Crippen molar-refractivity contribution in [3.63, 3.8) is 0 Å². The highest BCUT2D eigenvalue weighted by atomic mass is 16.3. The Morgan fingerprint density at radius 1 is 1.38 bits per heavy atom. The van der Waals surface area contributed by atoms with E-state index in [2.05, 4.69) is 20.8 Å². The van der Waals surface area contributed by atoms with Gasteiger partial charge in [-0.3, -0.25) is 9.36 Å². The molecule has 0 aliphatic carbocycles. The minimum atomic E-state index is -0.491. The lowest BCUT2D eigenvalue weighted by Gasteiger charge is -2.03. The van der Waals surface area contributed by atoms with E-state index in [0.29, 0.717) is 5.56 Å². The number of aromatic nitrogens is 2. The van der Waals surface area contributed by atoms with E-state index in [1.807, 2.05) is 0 Å². The summed E-state index contributed by atoms with van der Waals surface area (Å²) in [4.78, 5) is 26.7. The van der Waals surface area contributed by atoms with Crippen LogP contribution in [0.15, 0.2) is 48.1 Å². The quantitative estimate of drug-likeness (QED) is 0.555. The van der Waals surface area contributed by atoms with Crippen LogP contribution in [0.4, 0.5) is 4.79 Å². The average molecular weight is 287 g/mol. The van der Waals surface area contributed by atoms with Crippen molar-refractivity contribution in [1.29, 1.82) is 0 Å². The molecule has 0 saturated heterocycles. The van der Waals surface area contributed by atoms with Gasteiger partial charge in [-0.05, 0) is 12.1 Å². The molecule has 0 aliphatic heterocycles.